The summed E-state index contributed by atoms with van der Waals surface area (Å²) in [5.41, 5.74) is 1.22. The highest BCUT2D eigenvalue weighted by Crippen LogP contribution is 1.95. The van der Waals surface area contributed by atoms with Gasteiger partial charge in [0, 0.05) is 18.9 Å². The van der Waals surface area contributed by atoms with Crippen molar-refractivity contribution in [3.8, 4) is 0 Å². The van der Waals surface area contributed by atoms with Crippen molar-refractivity contribution in [2.45, 2.75) is 13.3 Å². The number of hydrogen-bond acceptors (Lipinski definition) is 2. The molecule has 1 heterocycles. The quantitative estimate of drug-likeness (QED) is 0.611. The zero-order chi connectivity index (χ0) is 10.2. The van der Waals surface area contributed by atoms with Crippen LogP contribution < -0.4 is 10.6 Å². The van der Waals surface area contributed by atoms with Crippen molar-refractivity contribution in [1.82, 2.24) is 15.6 Å². The zero-order valence-electron chi connectivity index (χ0n) is 8.47. The second-order valence-corrected chi connectivity index (χ2v) is 3.10. The molecule has 4 heteroatoms. The van der Waals surface area contributed by atoms with Crippen LogP contribution in [0.1, 0.15) is 12.5 Å². The van der Waals surface area contributed by atoms with Gasteiger partial charge in [-0.25, -0.2) is 0 Å². The number of H-pyrrole nitrogens is 1. The highest BCUT2D eigenvalue weighted by molar-refractivity contribution is 5.77. The van der Waals surface area contributed by atoms with Crippen molar-refractivity contribution in [2.75, 3.05) is 19.6 Å². The van der Waals surface area contributed by atoms with Crippen LogP contribution >= 0.6 is 0 Å². The Morgan fingerprint density at radius 3 is 3.07 bits per heavy atom. The average Bonchev–Trinajstić information content (AvgIpc) is 2.67. The SMILES string of the molecule is CCNCC(=O)NCCc1cc[nH]c1. The molecule has 0 spiro atoms. The molecule has 0 aliphatic rings. The maximum atomic E-state index is 11.1. The summed E-state index contributed by atoms with van der Waals surface area (Å²) in [7, 11) is 0. The smallest absolute Gasteiger partial charge is 0.233 e. The molecule has 4 nitrogen and oxygen atoms in total. The number of carbonyl (C=O) groups is 1. The van der Waals surface area contributed by atoms with Gasteiger partial charge in [-0.05, 0) is 24.6 Å². The van der Waals surface area contributed by atoms with E-state index in [1.807, 2.05) is 25.4 Å². The maximum Gasteiger partial charge on any atom is 0.233 e. The van der Waals surface area contributed by atoms with Gasteiger partial charge >= 0.3 is 0 Å². The molecule has 0 aromatic carbocycles. The first kappa shape index (κ1) is 10.8. The Hall–Kier alpha value is -1.29. The van der Waals surface area contributed by atoms with Crippen LogP contribution in [0.25, 0.3) is 0 Å². The van der Waals surface area contributed by atoms with Gasteiger partial charge in [-0.15, -0.1) is 0 Å². The number of likely N-dealkylation sites (N-methyl/N-ethyl adjacent to an activating group) is 1. The molecule has 0 unspecified atom stereocenters. The van der Waals surface area contributed by atoms with Gasteiger partial charge in [-0.3, -0.25) is 4.79 Å². The Kier molecular flexibility index (Phi) is 4.78. The lowest BCUT2D eigenvalue weighted by molar-refractivity contribution is -0.120. The van der Waals surface area contributed by atoms with E-state index in [1.54, 1.807) is 0 Å². The average molecular weight is 195 g/mol. The third-order valence-electron chi connectivity index (χ3n) is 1.93. The summed E-state index contributed by atoms with van der Waals surface area (Å²) >= 11 is 0. The fraction of sp³-hybridized carbons (Fsp3) is 0.500. The minimum absolute atomic E-state index is 0.0578. The van der Waals surface area contributed by atoms with Gasteiger partial charge in [0.15, 0.2) is 0 Å². The molecule has 0 radical (unpaired) electrons. The molecule has 0 saturated carbocycles. The summed E-state index contributed by atoms with van der Waals surface area (Å²) in [5.74, 6) is 0.0578. The second kappa shape index (κ2) is 6.21. The lowest BCUT2D eigenvalue weighted by atomic mass is 10.2. The number of amides is 1. The minimum Gasteiger partial charge on any atom is -0.367 e. The number of aromatic nitrogens is 1. The summed E-state index contributed by atoms with van der Waals surface area (Å²) in [6, 6.07) is 2.01. The predicted molar refractivity (Wildman–Crippen MR) is 56.1 cm³/mol. The van der Waals surface area contributed by atoms with E-state index in [0.717, 1.165) is 13.0 Å². The summed E-state index contributed by atoms with van der Waals surface area (Å²) in [6.07, 6.45) is 4.70. The van der Waals surface area contributed by atoms with Gasteiger partial charge < -0.3 is 15.6 Å². The van der Waals surface area contributed by atoms with Crippen LogP contribution in [-0.4, -0.2) is 30.5 Å². The van der Waals surface area contributed by atoms with Crippen molar-refractivity contribution in [2.24, 2.45) is 0 Å². The van der Waals surface area contributed by atoms with Crippen LogP contribution in [0.2, 0.25) is 0 Å². The van der Waals surface area contributed by atoms with E-state index in [1.165, 1.54) is 5.56 Å². The Bertz CT molecular complexity index is 256. The third kappa shape index (κ3) is 4.09. The topological polar surface area (TPSA) is 56.9 Å². The Morgan fingerprint density at radius 1 is 1.57 bits per heavy atom. The molecule has 1 amide bonds. The van der Waals surface area contributed by atoms with E-state index in [0.29, 0.717) is 13.1 Å². The largest absolute Gasteiger partial charge is 0.367 e. The van der Waals surface area contributed by atoms with Gasteiger partial charge in [-0.1, -0.05) is 6.92 Å². The Balaban J connectivity index is 2.06. The number of nitrogens with one attached hydrogen (secondary N) is 3. The molecular formula is C10H17N3O. The molecule has 3 N–H and O–H groups in total. The van der Waals surface area contributed by atoms with Crippen molar-refractivity contribution in [1.29, 1.82) is 0 Å². The molecule has 0 atom stereocenters. The van der Waals surface area contributed by atoms with Crippen molar-refractivity contribution in [3.63, 3.8) is 0 Å². The molecule has 78 valence electrons. The molecule has 0 aliphatic heterocycles. The summed E-state index contributed by atoms with van der Waals surface area (Å²) in [4.78, 5) is 14.1. The Morgan fingerprint density at radius 2 is 2.43 bits per heavy atom. The highest BCUT2D eigenvalue weighted by atomic mass is 16.1. The van der Waals surface area contributed by atoms with Crippen molar-refractivity contribution in [3.05, 3.63) is 24.0 Å². The van der Waals surface area contributed by atoms with E-state index in [9.17, 15) is 4.79 Å². The van der Waals surface area contributed by atoms with Crippen LogP contribution in [0.4, 0.5) is 0 Å². The van der Waals surface area contributed by atoms with Crippen molar-refractivity contribution < 1.29 is 4.79 Å². The fourth-order valence-electron chi connectivity index (χ4n) is 1.16. The number of aromatic amines is 1. The first-order chi connectivity index (χ1) is 6.83. The second-order valence-electron chi connectivity index (χ2n) is 3.10. The highest BCUT2D eigenvalue weighted by Gasteiger charge is 1.98. The van der Waals surface area contributed by atoms with Crippen LogP contribution in [0.5, 0.6) is 0 Å². The monoisotopic (exact) mass is 195 g/mol. The van der Waals surface area contributed by atoms with Gasteiger partial charge in [0.05, 0.1) is 6.54 Å². The standard InChI is InChI=1S/C10H17N3O/c1-2-11-8-10(14)13-6-4-9-3-5-12-7-9/h3,5,7,11-12H,2,4,6,8H2,1H3,(H,13,14). The van der Waals surface area contributed by atoms with Crippen LogP contribution in [0, 0.1) is 0 Å². The first-order valence-corrected chi connectivity index (χ1v) is 4.92. The van der Waals surface area contributed by atoms with E-state index < -0.39 is 0 Å². The molecule has 0 bridgehead atoms. The van der Waals surface area contributed by atoms with Gasteiger partial charge in [-0.2, -0.15) is 0 Å². The normalized spacial score (nSPS) is 10.1. The van der Waals surface area contributed by atoms with Gasteiger partial charge in [0.2, 0.25) is 5.91 Å². The lowest BCUT2D eigenvalue weighted by Gasteiger charge is -2.04. The first-order valence-electron chi connectivity index (χ1n) is 4.92. The molecule has 14 heavy (non-hydrogen) atoms. The summed E-state index contributed by atoms with van der Waals surface area (Å²) < 4.78 is 0. The van der Waals surface area contributed by atoms with Gasteiger partial charge in [0.1, 0.15) is 0 Å². The van der Waals surface area contributed by atoms with Crippen molar-refractivity contribution >= 4 is 5.91 Å². The third-order valence-corrected chi connectivity index (χ3v) is 1.93. The molecule has 1 aromatic heterocycles. The van der Waals surface area contributed by atoms with Crippen LogP contribution in [-0.2, 0) is 11.2 Å². The molecule has 0 aliphatic carbocycles. The van der Waals surface area contributed by atoms with Gasteiger partial charge in [0.25, 0.3) is 0 Å². The predicted octanol–water partition coefficient (Wildman–Crippen LogP) is 0.283. The fourth-order valence-corrected chi connectivity index (χ4v) is 1.16. The maximum absolute atomic E-state index is 11.1. The van der Waals surface area contributed by atoms with Crippen LogP contribution in [0.3, 0.4) is 0 Å². The molecular weight excluding hydrogens is 178 g/mol. The zero-order valence-corrected chi connectivity index (χ0v) is 8.47. The number of rotatable bonds is 6. The van der Waals surface area contributed by atoms with E-state index in [2.05, 4.69) is 15.6 Å². The molecule has 0 fully saturated rings. The molecule has 0 saturated heterocycles. The van der Waals surface area contributed by atoms with E-state index in [-0.39, 0.29) is 5.91 Å². The Labute approximate surface area is 84.1 Å². The molecule has 1 rings (SSSR count). The lowest BCUT2D eigenvalue weighted by Crippen LogP contribution is -2.34. The summed E-state index contributed by atoms with van der Waals surface area (Å²) in [6.45, 7) is 3.91. The van der Waals surface area contributed by atoms with Crippen LogP contribution in [0.15, 0.2) is 18.5 Å². The molecule has 1 aromatic rings. The van der Waals surface area contributed by atoms with E-state index >= 15 is 0 Å². The minimum atomic E-state index is 0.0578. The number of carbonyl (C=O) groups excluding carboxylic acids is 1. The summed E-state index contributed by atoms with van der Waals surface area (Å²) in [5, 5.41) is 5.81. The van der Waals surface area contributed by atoms with E-state index in [4.69, 9.17) is 0 Å². The number of hydrogen-bond donors (Lipinski definition) is 3.